The second kappa shape index (κ2) is 9.26. The van der Waals surface area contributed by atoms with Crippen LogP contribution in [0.2, 0.25) is 0 Å². The molecule has 1 N–H and O–H groups in total. The first-order valence-electron chi connectivity index (χ1n) is 11.5. The number of carbonyl (C=O) groups is 2. The molecule has 0 radical (unpaired) electrons. The van der Waals surface area contributed by atoms with Gasteiger partial charge in [0.05, 0.1) is 12.0 Å². The molecule has 4 heterocycles. The summed E-state index contributed by atoms with van der Waals surface area (Å²) in [6.45, 7) is 5.36. The van der Waals surface area contributed by atoms with E-state index < -0.39 is 5.91 Å². The molecule has 1 aromatic carbocycles. The average molecular weight is 493 g/mol. The maximum atomic E-state index is 13.4. The van der Waals surface area contributed by atoms with E-state index in [-0.39, 0.29) is 29.6 Å². The minimum atomic E-state index is -0.515. The molecule has 180 valence electrons. The van der Waals surface area contributed by atoms with Gasteiger partial charge in [0, 0.05) is 30.2 Å². The van der Waals surface area contributed by atoms with E-state index in [4.69, 9.17) is 5.41 Å². The highest BCUT2D eigenvalue weighted by Crippen LogP contribution is 2.31. The number of piperidine rings is 1. The number of amides is 2. The Labute approximate surface area is 206 Å². The molecular weight excluding hydrogens is 467 g/mol. The number of fused-ring (bicyclic) bond motifs is 1. The van der Waals surface area contributed by atoms with Gasteiger partial charge < -0.3 is 9.47 Å². The van der Waals surface area contributed by atoms with Crippen LogP contribution in [-0.4, -0.2) is 55.4 Å². The number of amidine groups is 2. The number of aromatic nitrogens is 1. The van der Waals surface area contributed by atoms with Gasteiger partial charge in [-0.2, -0.15) is 15.1 Å². The van der Waals surface area contributed by atoms with Crippen LogP contribution in [-0.2, 0) is 9.59 Å². The Balaban J connectivity index is 1.39. The smallest absolute Gasteiger partial charge is 0.283 e. The fraction of sp³-hybridized carbons (Fsp3) is 0.320. The molecule has 8 nitrogen and oxygen atoms in total. The topological polar surface area (TPSA) is 94.1 Å². The van der Waals surface area contributed by atoms with Crippen molar-refractivity contribution in [2.24, 2.45) is 10.1 Å². The second-order valence-corrected chi connectivity index (χ2v) is 9.81. The van der Waals surface area contributed by atoms with Crippen molar-refractivity contribution in [1.82, 2.24) is 14.5 Å². The van der Waals surface area contributed by atoms with Gasteiger partial charge in [0.25, 0.3) is 5.91 Å². The Morgan fingerprint density at radius 3 is 2.60 bits per heavy atom. The molecule has 0 bridgehead atoms. The molecule has 1 saturated heterocycles. The van der Waals surface area contributed by atoms with Gasteiger partial charge in [0.2, 0.25) is 11.1 Å². The first-order valence-corrected chi connectivity index (χ1v) is 12.4. The minimum Gasteiger partial charge on any atom is -0.342 e. The van der Waals surface area contributed by atoms with E-state index in [1.807, 2.05) is 29.4 Å². The van der Waals surface area contributed by atoms with Crippen LogP contribution >= 0.6 is 11.8 Å². The van der Waals surface area contributed by atoms with Crippen molar-refractivity contribution in [2.75, 3.05) is 13.1 Å². The molecule has 2 amide bonds. The summed E-state index contributed by atoms with van der Waals surface area (Å²) in [6, 6.07) is 8.11. The second-order valence-electron chi connectivity index (χ2n) is 8.77. The predicted molar refractivity (Wildman–Crippen MR) is 135 cm³/mol. The van der Waals surface area contributed by atoms with Gasteiger partial charge >= 0.3 is 0 Å². The highest BCUT2D eigenvalue weighted by Gasteiger charge is 2.36. The number of aryl methyl sites for hydroxylation is 1. The fourth-order valence-corrected chi connectivity index (χ4v) is 5.44. The SMILES string of the molecule is Cc1cc(/C=C2\C(=N)N3N=C(CC(=O)N4CCCCC4)SC3=NC2=O)c(C)n1-c1ccc(F)cc1. The van der Waals surface area contributed by atoms with E-state index >= 15 is 0 Å². The first-order chi connectivity index (χ1) is 16.8. The first kappa shape index (κ1) is 23.2. The van der Waals surface area contributed by atoms with E-state index in [0.717, 1.165) is 55.0 Å². The highest BCUT2D eigenvalue weighted by molar-refractivity contribution is 8.27. The number of nitrogens with one attached hydrogen (secondary N) is 1. The number of benzene rings is 1. The molecule has 5 rings (SSSR count). The van der Waals surface area contributed by atoms with Gasteiger partial charge in [-0.25, -0.2) is 4.39 Å². The lowest BCUT2D eigenvalue weighted by molar-refractivity contribution is -0.130. The summed E-state index contributed by atoms with van der Waals surface area (Å²) in [4.78, 5) is 31.5. The van der Waals surface area contributed by atoms with Gasteiger partial charge in [0.15, 0.2) is 5.84 Å². The number of thioether (sulfide) groups is 1. The zero-order valence-electron chi connectivity index (χ0n) is 19.5. The third kappa shape index (κ3) is 4.45. The quantitative estimate of drug-likeness (QED) is 0.646. The van der Waals surface area contributed by atoms with Crippen LogP contribution in [0.3, 0.4) is 0 Å². The molecule has 3 aliphatic rings. The van der Waals surface area contributed by atoms with Crippen LogP contribution in [0.5, 0.6) is 0 Å². The molecule has 0 unspecified atom stereocenters. The third-order valence-corrected chi connectivity index (χ3v) is 7.27. The molecular formula is C25H25FN6O2S. The van der Waals surface area contributed by atoms with Crippen LogP contribution in [0.1, 0.15) is 42.6 Å². The highest BCUT2D eigenvalue weighted by atomic mass is 32.2. The number of hydrogen-bond donors (Lipinski definition) is 1. The van der Waals surface area contributed by atoms with Gasteiger partial charge in [-0.1, -0.05) is 0 Å². The third-order valence-electron chi connectivity index (χ3n) is 6.36. The van der Waals surface area contributed by atoms with Gasteiger partial charge in [-0.15, -0.1) is 0 Å². The lowest BCUT2D eigenvalue weighted by atomic mass is 10.1. The van der Waals surface area contributed by atoms with Crippen LogP contribution in [0.4, 0.5) is 4.39 Å². The molecule has 3 aliphatic heterocycles. The minimum absolute atomic E-state index is 0.0123. The van der Waals surface area contributed by atoms with Crippen molar-refractivity contribution in [3.8, 4) is 5.69 Å². The summed E-state index contributed by atoms with van der Waals surface area (Å²) in [5.74, 6) is -0.883. The molecule has 0 atom stereocenters. The normalized spacial score (nSPS) is 19.2. The van der Waals surface area contributed by atoms with Crippen LogP contribution in [0.15, 0.2) is 46.0 Å². The summed E-state index contributed by atoms with van der Waals surface area (Å²) < 4.78 is 15.3. The van der Waals surface area contributed by atoms with Gasteiger partial charge in [-0.05, 0) is 86.8 Å². The number of hydrogen-bond acceptors (Lipinski definition) is 5. The van der Waals surface area contributed by atoms with E-state index in [0.29, 0.717) is 10.2 Å². The van der Waals surface area contributed by atoms with Crippen LogP contribution in [0.25, 0.3) is 11.8 Å². The maximum absolute atomic E-state index is 13.4. The van der Waals surface area contributed by atoms with Crippen molar-refractivity contribution in [2.45, 2.75) is 39.5 Å². The maximum Gasteiger partial charge on any atom is 0.283 e. The average Bonchev–Trinajstić information content (AvgIpc) is 3.37. The van der Waals surface area contributed by atoms with Crippen molar-refractivity contribution in [3.05, 3.63) is 58.7 Å². The van der Waals surface area contributed by atoms with Crippen LogP contribution < -0.4 is 0 Å². The Hall–Kier alpha value is -3.53. The lowest BCUT2D eigenvalue weighted by Gasteiger charge is -2.26. The Kier molecular flexibility index (Phi) is 6.14. The van der Waals surface area contributed by atoms with Crippen molar-refractivity contribution in [1.29, 1.82) is 5.41 Å². The lowest BCUT2D eigenvalue weighted by Crippen LogP contribution is -2.36. The number of carbonyl (C=O) groups excluding carboxylic acids is 2. The molecule has 10 heteroatoms. The molecule has 0 aliphatic carbocycles. The molecule has 0 spiro atoms. The Bertz CT molecular complexity index is 1320. The number of hydrazone groups is 1. The largest absolute Gasteiger partial charge is 0.342 e. The summed E-state index contributed by atoms with van der Waals surface area (Å²) in [6.07, 6.45) is 4.95. The van der Waals surface area contributed by atoms with E-state index in [9.17, 15) is 14.0 Å². The van der Waals surface area contributed by atoms with E-state index in [1.54, 1.807) is 18.2 Å². The zero-order chi connectivity index (χ0) is 24.7. The number of aliphatic imine (C=N–C) groups is 1. The Morgan fingerprint density at radius 2 is 1.89 bits per heavy atom. The monoisotopic (exact) mass is 492 g/mol. The fourth-order valence-electron chi connectivity index (χ4n) is 4.56. The van der Waals surface area contributed by atoms with Gasteiger partial charge in [-0.3, -0.25) is 15.0 Å². The summed E-state index contributed by atoms with van der Waals surface area (Å²) in [5.41, 5.74) is 3.45. The van der Waals surface area contributed by atoms with E-state index in [2.05, 4.69) is 10.1 Å². The number of likely N-dealkylation sites (tertiary alicyclic amines) is 1. The predicted octanol–water partition coefficient (Wildman–Crippen LogP) is 4.26. The van der Waals surface area contributed by atoms with Crippen molar-refractivity contribution < 1.29 is 14.0 Å². The number of halogens is 1. The summed E-state index contributed by atoms with van der Waals surface area (Å²) in [7, 11) is 0. The van der Waals surface area contributed by atoms with Crippen LogP contribution in [0, 0.1) is 25.1 Å². The molecule has 2 aromatic rings. The molecule has 35 heavy (non-hydrogen) atoms. The zero-order valence-corrected chi connectivity index (χ0v) is 20.4. The van der Waals surface area contributed by atoms with E-state index in [1.165, 1.54) is 28.9 Å². The summed E-state index contributed by atoms with van der Waals surface area (Å²) >= 11 is 1.17. The van der Waals surface area contributed by atoms with Crippen molar-refractivity contribution in [3.63, 3.8) is 0 Å². The molecule has 0 saturated carbocycles. The molecule has 1 fully saturated rings. The molecule has 1 aromatic heterocycles. The summed E-state index contributed by atoms with van der Waals surface area (Å²) in [5, 5.41) is 15.2. The van der Waals surface area contributed by atoms with Gasteiger partial charge in [0.1, 0.15) is 10.9 Å². The number of rotatable bonds is 4. The Morgan fingerprint density at radius 1 is 1.17 bits per heavy atom. The number of nitrogens with zero attached hydrogens (tertiary/aromatic N) is 5. The van der Waals surface area contributed by atoms with Crippen molar-refractivity contribution >= 4 is 45.7 Å². The standard InChI is InChI=1S/C25H25FN6O2S/c1-15-12-17(16(2)31(15)19-8-6-18(26)7-9-19)13-20-23(27)32-25(28-24(20)34)35-21(29-32)14-22(33)30-10-4-3-5-11-30/h6-9,12-13,27H,3-5,10-11,14H2,1-2H3/b20-13+,27-23?.